The van der Waals surface area contributed by atoms with Gasteiger partial charge in [0.1, 0.15) is 22.9 Å². The van der Waals surface area contributed by atoms with Gasteiger partial charge in [0.25, 0.3) is 0 Å². The number of hydrogen-bond acceptors (Lipinski definition) is 5. The highest BCUT2D eigenvalue weighted by Gasteiger charge is 2.07. The Bertz CT molecular complexity index is 730. The first kappa shape index (κ1) is 12.0. The molecule has 0 unspecified atom stereocenters. The van der Waals surface area contributed by atoms with Gasteiger partial charge in [0.15, 0.2) is 0 Å². The third-order valence-corrected chi connectivity index (χ3v) is 2.81. The third-order valence-electron chi connectivity index (χ3n) is 2.81. The fourth-order valence-electron chi connectivity index (χ4n) is 1.87. The molecule has 0 bridgehead atoms. The number of nitrogens with zero attached hydrogens (tertiary/aromatic N) is 3. The summed E-state index contributed by atoms with van der Waals surface area (Å²) in [5.41, 5.74) is 1.92. The van der Waals surface area contributed by atoms with Crippen LogP contribution in [0.5, 0.6) is 17.2 Å². The van der Waals surface area contributed by atoms with Crippen LogP contribution in [0.15, 0.2) is 48.7 Å². The lowest BCUT2D eigenvalue weighted by Gasteiger charge is -2.02. The smallest absolute Gasteiger partial charge is 0.121 e. The van der Waals surface area contributed by atoms with E-state index in [1.165, 1.54) is 22.9 Å². The van der Waals surface area contributed by atoms with Crippen molar-refractivity contribution in [2.75, 3.05) is 0 Å². The quantitative estimate of drug-likeness (QED) is 0.662. The van der Waals surface area contributed by atoms with Crippen LogP contribution in [0, 0.1) is 0 Å². The second-order valence-corrected chi connectivity index (χ2v) is 4.30. The zero-order valence-electron chi connectivity index (χ0n) is 10.3. The highest BCUT2D eigenvalue weighted by atomic mass is 16.3. The fourth-order valence-corrected chi connectivity index (χ4v) is 1.87. The summed E-state index contributed by atoms with van der Waals surface area (Å²) in [5.74, 6) is 0.0717. The molecule has 0 amide bonds. The minimum absolute atomic E-state index is 0.0540. The van der Waals surface area contributed by atoms with E-state index < -0.39 is 0 Å². The number of hydrogen-bond donors (Lipinski definition) is 3. The van der Waals surface area contributed by atoms with E-state index in [2.05, 4.69) is 10.3 Å². The molecule has 1 aromatic heterocycles. The lowest BCUT2D eigenvalue weighted by Crippen LogP contribution is -1.94. The first-order valence-electron chi connectivity index (χ1n) is 5.87. The van der Waals surface area contributed by atoms with Gasteiger partial charge in [0, 0.05) is 23.8 Å². The van der Waals surface area contributed by atoms with E-state index >= 15 is 0 Å². The molecule has 2 aromatic carbocycles. The van der Waals surface area contributed by atoms with Crippen molar-refractivity contribution in [3.63, 3.8) is 0 Å². The summed E-state index contributed by atoms with van der Waals surface area (Å²) in [6.07, 6.45) is 1.67. The van der Waals surface area contributed by atoms with Gasteiger partial charge in [-0.3, -0.25) is 0 Å². The van der Waals surface area contributed by atoms with E-state index in [-0.39, 0.29) is 17.2 Å². The van der Waals surface area contributed by atoms with Crippen LogP contribution in [0.25, 0.3) is 16.9 Å². The topological polar surface area (TPSA) is 91.4 Å². The average Bonchev–Trinajstić information content (AvgIpc) is 2.88. The molecule has 6 nitrogen and oxygen atoms in total. The predicted octanol–water partition coefficient (Wildman–Crippen LogP) is 2.05. The molecular weight excluding hydrogens is 258 g/mol. The maximum Gasteiger partial charge on any atom is 0.121 e. The molecule has 6 heteroatoms. The van der Waals surface area contributed by atoms with Crippen LogP contribution >= 0.6 is 0 Å². The molecule has 3 aromatic rings. The second-order valence-electron chi connectivity index (χ2n) is 4.30. The number of aromatic hydroxyl groups is 3. The molecule has 100 valence electrons. The van der Waals surface area contributed by atoms with E-state index in [0.29, 0.717) is 11.4 Å². The first-order valence-corrected chi connectivity index (χ1v) is 5.87. The molecule has 0 saturated carbocycles. The molecule has 0 aliphatic rings. The standard InChI is InChI=1S/C14H11N3O3/c18-11-3-1-9(2-4-11)14-8-17(16-15-14)10-5-12(19)7-13(20)6-10/h1-8,18-20H. The lowest BCUT2D eigenvalue weighted by molar-refractivity contribution is 0.449. The number of aromatic nitrogens is 3. The van der Waals surface area contributed by atoms with Gasteiger partial charge >= 0.3 is 0 Å². The first-order chi connectivity index (χ1) is 9.61. The van der Waals surface area contributed by atoms with Gasteiger partial charge in [-0.1, -0.05) is 5.21 Å². The Morgan fingerprint density at radius 2 is 1.45 bits per heavy atom. The van der Waals surface area contributed by atoms with Crippen molar-refractivity contribution < 1.29 is 15.3 Å². The van der Waals surface area contributed by atoms with Crippen LogP contribution in [0.2, 0.25) is 0 Å². The van der Waals surface area contributed by atoms with Gasteiger partial charge in [-0.15, -0.1) is 5.10 Å². The van der Waals surface area contributed by atoms with E-state index in [4.69, 9.17) is 0 Å². The van der Waals surface area contributed by atoms with E-state index in [1.54, 1.807) is 30.5 Å². The van der Waals surface area contributed by atoms with Gasteiger partial charge in [0.05, 0.1) is 11.9 Å². The molecule has 3 N–H and O–H groups in total. The molecule has 0 aliphatic heterocycles. The van der Waals surface area contributed by atoms with Gasteiger partial charge in [0.2, 0.25) is 0 Å². The summed E-state index contributed by atoms with van der Waals surface area (Å²) in [4.78, 5) is 0. The summed E-state index contributed by atoms with van der Waals surface area (Å²) >= 11 is 0. The minimum atomic E-state index is -0.0540. The number of phenolic OH excluding ortho intramolecular Hbond substituents is 3. The van der Waals surface area contributed by atoms with Gasteiger partial charge in [-0.2, -0.15) is 0 Å². The Morgan fingerprint density at radius 3 is 2.10 bits per heavy atom. The molecule has 20 heavy (non-hydrogen) atoms. The number of benzene rings is 2. The number of phenols is 3. The summed E-state index contributed by atoms with van der Waals surface area (Å²) in [6.45, 7) is 0. The Morgan fingerprint density at radius 1 is 0.800 bits per heavy atom. The average molecular weight is 269 g/mol. The van der Waals surface area contributed by atoms with Crippen molar-refractivity contribution in [1.29, 1.82) is 0 Å². The van der Waals surface area contributed by atoms with E-state index in [0.717, 1.165) is 5.56 Å². The Kier molecular flexibility index (Phi) is 2.76. The molecule has 0 spiro atoms. The Hall–Kier alpha value is -3.02. The highest BCUT2D eigenvalue weighted by Crippen LogP contribution is 2.24. The maximum absolute atomic E-state index is 9.46. The van der Waals surface area contributed by atoms with E-state index in [1.807, 2.05) is 0 Å². The molecule has 0 atom stereocenters. The van der Waals surface area contributed by atoms with Crippen LogP contribution < -0.4 is 0 Å². The summed E-state index contributed by atoms with van der Waals surface area (Å²) in [6, 6.07) is 10.8. The summed E-state index contributed by atoms with van der Waals surface area (Å²) < 4.78 is 1.45. The zero-order valence-corrected chi connectivity index (χ0v) is 10.3. The Balaban J connectivity index is 1.99. The highest BCUT2D eigenvalue weighted by molar-refractivity contribution is 5.59. The van der Waals surface area contributed by atoms with Crippen LogP contribution in [0.3, 0.4) is 0 Å². The molecular formula is C14H11N3O3. The van der Waals surface area contributed by atoms with Gasteiger partial charge in [-0.05, 0) is 24.3 Å². The largest absolute Gasteiger partial charge is 0.508 e. The van der Waals surface area contributed by atoms with Crippen molar-refractivity contribution >= 4 is 0 Å². The molecule has 1 heterocycles. The van der Waals surface area contributed by atoms with Crippen LogP contribution in [-0.4, -0.2) is 30.3 Å². The number of rotatable bonds is 2. The van der Waals surface area contributed by atoms with Crippen molar-refractivity contribution in [3.8, 4) is 34.2 Å². The normalized spacial score (nSPS) is 10.6. The SMILES string of the molecule is Oc1ccc(-c2cn(-c3cc(O)cc(O)c3)nn2)cc1. The van der Waals surface area contributed by atoms with Gasteiger partial charge < -0.3 is 15.3 Å². The Labute approximate surface area is 114 Å². The summed E-state index contributed by atoms with van der Waals surface area (Å²) in [5, 5.41) is 36.1. The van der Waals surface area contributed by atoms with E-state index in [9.17, 15) is 15.3 Å². The maximum atomic E-state index is 9.46. The zero-order chi connectivity index (χ0) is 14.1. The van der Waals surface area contributed by atoms with Crippen molar-refractivity contribution in [2.45, 2.75) is 0 Å². The molecule has 3 rings (SSSR count). The van der Waals surface area contributed by atoms with Crippen molar-refractivity contribution in [3.05, 3.63) is 48.7 Å². The fraction of sp³-hybridized carbons (Fsp3) is 0. The third kappa shape index (κ3) is 2.26. The van der Waals surface area contributed by atoms with Crippen molar-refractivity contribution in [2.24, 2.45) is 0 Å². The van der Waals surface area contributed by atoms with Gasteiger partial charge in [-0.25, -0.2) is 4.68 Å². The molecule has 0 saturated heterocycles. The second kappa shape index (κ2) is 4.58. The lowest BCUT2D eigenvalue weighted by atomic mass is 10.2. The van der Waals surface area contributed by atoms with Crippen LogP contribution in [-0.2, 0) is 0 Å². The van der Waals surface area contributed by atoms with Crippen LogP contribution in [0.1, 0.15) is 0 Å². The van der Waals surface area contributed by atoms with Crippen LogP contribution in [0.4, 0.5) is 0 Å². The van der Waals surface area contributed by atoms with Crippen molar-refractivity contribution in [1.82, 2.24) is 15.0 Å². The molecule has 0 radical (unpaired) electrons. The summed E-state index contributed by atoms with van der Waals surface area (Å²) in [7, 11) is 0. The molecule has 0 aliphatic carbocycles. The monoisotopic (exact) mass is 269 g/mol. The minimum Gasteiger partial charge on any atom is -0.508 e. The predicted molar refractivity (Wildman–Crippen MR) is 71.8 cm³/mol. The molecule has 0 fully saturated rings.